The van der Waals surface area contributed by atoms with Crippen molar-refractivity contribution in [2.75, 3.05) is 25.5 Å². The van der Waals surface area contributed by atoms with Crippen LogP contribution in [0.25, 0.3) is 21.9 Å². The predicted octanol–water partition coefficient (Wildman–Crippen LogP) is 4.02. The Labute approximate surface area is 159 Å². The average Bonchev–Trinajstić information content (AvgIpc) is 2.73. The van der Waals surface area contributed by atoms with Crippen LogP contribution in [-0.2, 0) is 11.2 Å². The second kappa shape index (κ2) is 9.03. The molecule has 0 unspecified atom stereocenters. The summed E-state index contributed by atoms with van der Waals surface area (Å²) >= 11 is 0. The molecule has 5 nitrogen and oxygen atoms in total. The smallest absolute Gasteiger partial charge is 0.207 e. The topological polar surface area (TPSA) is 63.2 Å². The van der Waals surface area contributed by atoms with E-state index < -0.39 is 0 Å². The van der Waals surface area contributed by atoms with E-state index in [-0.39, 0.29) is 0 Å². The Hall–Kier alpha value is -3.08. The van der Waals surface area contributed by atoms with Gasteiger partial charge < -0.3 is 15.4 Å². The summed E-state index contributed by atoms with van der Waals surface area (Å²) in [6.07, 6.45) is 4.43. The van der Waals surface area contributed by atoms with Gasteiger partial charge in [0.1, 0.15) is 11.6 Å². The molecule has 0 radical (unpaired) electrons. The molecule has 3 rings (SSSR count). The first-order chi connectivity index (χ1) is 13.3. The summed E-state index contributed by atoms with van der Waals surface area (Å²) in [6, 6.07) is 14.5. The minimum Gasteiger partial charge on any atom is -0.496 e. The van der Waals surface area contributed by atoms with Crippen molar-refractivity contribution in [3.05, 3.63) is 54.2 Å². The number of rotatable bonds is 9. The molecule has 140 valence electrons. The highest BCUT2D eigenvalue weighted by molar-refractivity contribution is 6.03. The molecular formula is C22H25N3O2. The summed E-state index contributed by atoms with van der Waals surface area (Å²) in [4.78, 5) is 15.0. The summed E-state index contributed by atoms with van der Waals surface area (Å²) in [5.41, 5.74) is 3.36. The standard InChI is InChI=1S/C22H25N3O2/c1-3-16-9-10-17-19(13-16)22(24-12-6-11-23-15-26)25-14-20(17)18-7-4-5-8-21(18)27-2/h4-5,7-10,13-15H,3,6,11-12H2,1-2H3,(H,23,26)(H,24,25). The highest BCUT2D eigenvalue weighted by Gasteiger charge is 2.13. The predicted molar refractivity (Wildman–Crippen MR) is 110 cm³/mol. The van der Waals surface area contributed by atoms with E-state index in [2.05, 4.69) is 41.8 Å². The molecule has 0 aliphatic carbocycles. The number of nitrogens with zero attached hydrogens (tertiary/aromatic N) is 1. The number of benzene rings is 2. The minimum atomic E-state index is 0.647. The second-order valence-electron chi connectivity index (χ2n) is 6.31. The molecule has 1 amide bonds. The van der Waals surface area contributed by atoms with Crippen LogP contribution in [0.5, 0.6) is 5.75 Å². The van der Waals surface area contributed by atoms with Gasteiger partial charge in [0.05, 0.1) is 7.11 Å². The Morgan fingerprint density at radius 2 is 1.93 bits per heavy atom. The molecule has 1 heterocycles. The van der Waals surface area contributed by atoms with E-state index in [0.29, 0.717) is 6.54 Å². The summed E-state index contributed by atoms with van der Waals surface area (Å²) in [7, 11) is 1.69. The van der Waals surface area contributed by atoms with Gasteiger partial charge in [-0.2, -0.15) is 0 Å². The highest BCUT2D eigenvalue weighted by Crippen LogP contribution is 2.36. The van der Waals surface area contributed by atoms with Crippen molar-refractivity contribution < 1.29 is 9.53 Å². The number of hydrogen-bond acceptors (Lipinski definition) is 4. The van der Waals surface area contributed by atoms with Crippen LogP contribution in [0, 0.1) is 0 Å². The largest absolute Gasteiger partial charge is 0.496 e. The third-order valence-electron chi connectivity index (χ3n) is 4.63. The van der Waals surface area contributed by atoms with E-state index in [1.54, 1.807) is 7.11 Å². The van der Waals surface area contributed by atoms with Gasteiger partial charge in [0.15, 0.2) is 0 Å². The van der Waals surface area contributed by atoms with Crippen LogP contribution < -0.4 is 15.4 Å². The number of nitrogens with one attached hydrogen (secondary N) is 2. The van der Waals surface area contributed by atoms with Crippen LogP contribution in [0.3, 0.4) is 0 Å². The fourth-order valence-electron chi connectivity index (χ4n) is 3.19. The number of methoxy groups -OCH3 is 1. The van der Waals surface area contributed by atoms with Gasteiger partial charge in [-0.3, -0.25) is 4.79 Å². The lowest BCUT2D eigenvalue weighted by molar-refractivity contribution is -0.109. The van der Waals surface area contributed by atoms with E-state index in [1.807, 2.05) is 24.4 Å². The maximum Gasteiger partial charge on any atom is 0.207 e. The molecule has 0 saturated carbocycles. The third-order valence-corrected chi connectivity index (χ3v) is 4.63. The number of aromatic nitrogens is 1. The Morgan fingerprint density at radius 3 is 2.70 bits per heavy atom. The number of fused-ring (bicyclic) bond motifs is 1. The van der Waals surface area contributed by atoms with Crippen LogP contribution in [0.1, 0.15) is 18.9 Å². The lowest BCUT2D eigenvalue weighted by Crippen LogP contribution is -2.16. The first-order valence-electron chi connectivity index (χ1n) is 9.24. The SMILES string of the molecule is CCc1ccc2c(-c3ccccc3OC)cnc(NCCCNC=O)c2c1. The molecule has 0 aliphatic rings. The summed E-state index contributed by atoms with van der Waals surface area (Å²) < 4.78 is 5.55. The molecule has 3 aromatic rings. The normalized spacial score (nSPS) is 10.6. The maximum absolute atomic E-state index is 10.4. The molecular weight excluding hydrogens is 338 g/mol. The number of hydrogen-bond donors (Lipinski definition) is 2. The van der Waals surface area contributed by atoms with Gasteiger partial charge in [0.25, 0.3) is 0 Å². The first kappa shape index (κ1) is 18.7. The molecule has 5 heteroatoms. The van der Waals surface area contributed by atoms with Crippen LogP contribution in [0.15, 0.2) is 48.7 Å². The van der Waals surface area contributed by atoms with Gasteiger partial charge in [-0.05, 0) is 35.9 Å². The van der Waals surface area contributed by atoms with E-state index >= 15 is 0 Å². The Kier molecular flexibility index (Phi) is 6.26. The molecule has 27 heavy (non-hydrogen) atoms. The number of carbonyl (C=O) groups excluding carboxylic acids is 1. The van der Waals surface area contributed by atoms with Gasteiger partial charge >= 0.3 is 0 Å². The van der Waals surface area contributed by atoms with Crippen molar-refractivity contribution in [3.8, 4) is 16.9 Å². The van der Waals surface area contributed by atoms with Crippen LogP contribution >= 0.6 is 0 Å². The molecule has 0 atom stereocenters. The van der Waals surface area contributed by atoms with Crippen molar-refractivity contribution in [2.45, 2.75) is 19.8 Å². The van der Waals surface area contributed by atoms with Crippen LogP contribution in [-0.4, -0.2) is 31.6 Å². The molecule has 0 bridgehead atoms. The van der Waals surface area contributed by atoms with Crippen LogP contribution in [0.4, 0.5) is 5.82 Å². The van der Waals surface area contributed by atoms with E-state index in [0.717, 1.165) is 59.3 Å². The third kappa shape index (κ3) is 4.19. The van der Waals surface area contributed by atoms with Crippen molar-refractivity contribution in [3.63, 3.8) is 0 Å². The first-order valence-corrected chi connectivity index (χ1v) is 9.24. The van der Waals surface area contributed by atoms with Crippen molar-refractivity contribution in [1.82, 2.24) is 10.3 Å². The zero-order valence-corrected chi connectivity index (χ0v) is 15.8. The zero-order chi connectivity index (χ0) is 19.1. The average molecular weight is 363 g/mol. The number of aryl methyl sites for hydroxylation is 1. The lowest BCUT2D eigenvalue weighted by Gasteiger charge is -2.15. The van der Waals surface area contributed by atoms with E-state index in [9.17, 15) is 4.79 Å². The Bertz CT molecular complexity index is 925. The van der Waals surface area contributed by atoms with Crippen molar-refractivity contribution in [1.29, 1.82) is 0 Å². The molecule has 0 aliphatic heterocycles. The summed E-state index contributed by atoms with van der Waals surface area (Å²) in [5, 5.41) is 8.32. The molecule has 2 aromatic carbocycles. The number of para-hydroxylation sites is 1. The molecule has 0 spiro atoms. The fourth-order valence-corrected chi connectivity index (χ4v) is 3.19. The molecule has 1 aromatic heterocycles. The number of anilines is 1. The quantitative estimate of drug-likeness (QED) is 0.445. The zero-order valence-electron chi connectivity index (χ0n) is 15.8. The van der Waals surface area contributed by atoms with Gasteiger partial charge in [0, 0.05) is 35.8 Å². The van der Waals surface area contributed by atoms with E-state index in [4.69, 9.17) is 9.72 Å². The Morgan fingerprint density at radius 1 is 1.07 bits per heavy atom. The van der Waals surface area contributed by atoms with Gasteiger partial charge in [0.2, 0.25) is 6.41 Å². The summed E-state index contributed by atoms with van der Waals surface area (Å²) in [5.74, 6) is 1.70. The highest BCUT2D eigenvalue weighted by atomic mass is 16.5. The van der Waals surface area contributed by atoms with Gasteiger partial charge in [-0.1, -0.05) is 37.3 Å². The number of amides is 1. The van der Waals surface area contributed by atoms with Crippen molar-refractivity contribution >= 4 is 23.0 Å². The maximum atomic E-state index is 10.4. The van der Waals surface area contributed by atoms with Crippen LogP contribution in [0.2, 0.25) is 0 Å². The van der Waals surface area contributed by atoms with Crippen molar-refractivity contribution in [2.24, 2.45) is 0 Å². The number of pyridine rings is 1. The summed E-state index contributed by atoms with van der Waals surface area (Å²) in [6.45, 7) is 3.54. The minimum absolute atomic E-state index is 0.647. The number of ether oxygens (including phenoxy) is 1. The monoisotopic (exact) mass is 363 g/mol. The molecule has 0 fully saturated rings. The molecule has 2 N–H and O–H groups in total. The second-order valence-corrected chi connectivity index (χ2v) is 6.31. The lowest BCUT2D eigenvalue weighted by atomic mass is 9.97. The Balaban J connectivity index is 2.02. The molecule has 0 saturated heterocycles. The number of carbonyl (C=O) groups is 1. The fraction of sp³-hybridized carbons (Fsp3) is 0.273. The van der Waals surface area contributed by atoms with E-state index in [1.165, 1.54) is 5.56 Å². The van der Waals surface area contributed by atoms with Gasteiger partial charge in [-0.25, -0.2) is 4.98 Å². The van der Waals surface area contributed by atoms with Gasteiger partial charge in [-0.15, -0.1) is 0 Å².